The molecule has 9 heavy (non-hydrogen) atoms. The lowest BCUT2D eigenvalue weighted by atomic mass is 10.8. The molecule has 54 valence electrons. The summed E-state index contributed by atoms with van der Waals surface area (Å²) in [7, 11) is 0. The number of carbonyl (C=O) groups is 1. The van der Waals surface area contributed by atoms with E-state index in [1.807, 2.05) is 0 Å². The van der Waals surface area contributed by atoms with Crippen molar-refractivity contribution in [2.45, 2.75) is 6.36 Å². The third-order valence-electron chi connectivity index (χ3n) is 0.359. The Morgan fingerprint density at radius 1 is 1.56 bits per heavy atom. The predicted octanol–water partition coefficient (Wildman–Crippen LogP) is 0.979. The molecular formula is C3H3F3O2S. The Morgan fingerprint density at radius 3 is 2.11 bits per heavy atom. The number of ether oxygens (including phenoxy) is 1. The summed E-state index contributed by atoms with van der Waals surface area (Å²) in [5.41, 5.74) is 0. The van der Waals surface area contributed by atoms with E-state index in [1.165, 1.54) is 0 Å². The molecule has 0 aromatic carbocycles. The van der Waals surface area contributed by atoms with Gasteiger partial charge in [-0.2, -0.15) is 12.6 Å². The highest BCUT2D eigenvalue weighted by atomic mass is 32.1. The summed E-state index contributed by atoms with van der Waals surface area (Å²) in [5.74, 6) is -1.97. The highest BCUT2D eigenvalue weighted by Gasteiger charge is 2.33. The minimum absolute atomic E-state index is 0.570. The Morgan fingerprint density at radius 2 is 2.00 bits per heavy atom. The molecule has 0 bridgehead atoms. The Hall–Kier alpha value is -0.390. The van der Waals surface area contributed by atoms with E-state index < -0.39 is 18.1 Å². The minimum Gasteiger partial charge on any atom is -0.372 e. The van der Waals surface area contributed by atoms with Crippen molar-refractivity contribution >= 4 is 18.6 Å². The molecular weight excluding hydrogens is 157 g/mol. The number of esters is 1. The molecule has 0 saturated heterocycles. The van der Waals surface area contributed by atoms with E-state index in [0.29, 0.717) is 0 Å². The number of hydrogen-bond donors (Lipinski definition) is 1. The largest absolute Gasteiger partial charge is 0.575 e. The fourth-order valence-electron chi connectivity index (χ4n) is 0.161. The van der Waals surface area contributed by atoms with Gasteiger partial charge in [0.05, 0.1) is 5.75 Å². The molecule has 0 aliphatic heterocycles. The van der Waals surface area contributed by atoms with Gasteiger partial charge in [0.15, 0.2) is 0 Å². The molecule has 0 rings (SSSR count). The van der Waals surface area contributed by atoms with Crippen LogP contribution >= 0.6 is 12.6 Å². The standard InChI is InChI=1S/C3H3F3O2S/c4-3(5,6)8-2(7)1-9/h9H,1H2. The van der Waals surface area contributed by atoms with E-state index in [1.54, 1.807) is 0 Å². The quantitative estimate of drug-likeness (QED) is 0.457. The van der Waals surface area contributed by atoms with Crippen LogP contribution in [-0.4, -0.2) is 18.1 Å². The predicted molar refractivity (Wildman–Crippen MR) is 26.0 cm³/mol. The topological polar surface area (TPSA) is 26.3 Å². The molecule has 0 aromatic heterocycles. The van der Waals surface area contributed by atoms with Crippen LogP contribution in [0.2, 0.25) is 0 Å². The van der Waals surface area contributed by atoms with Crippen molar-refractivity contribution in [3.63, 3.8) is 0 Å². The summed E-state index contributed by atoms with van der Waals surface area (Å²) in [5, 5.41) is 0. The van der Waals surface area contributed by atoms with Gasteiger partial charge in [-0.3, -0.25) is 4.79 Å². The number of carbonyl (C=O) groups excluding carboxylic acids is 1. The van der Waals surface area contributed by atoms with Crippen molar-refractivity contribution in [3.05, 3.63) is 0 Å². The zero-order valence-electron chi connectivity index (χ0n) is 4.10. The van der Waals surface area contributed by atoms with Gasteiger partial charge < -0.3 is 4.74 Å². The lowest BCUT2D eigenvalue weighted by Crippen LogP contribution is -2.19. The summed E-state index contributed by atoms with van der Waals surface area (Å²) in [4.78, 5) is 9.81. The molecule has 0 heterocycles. The molecule has 0 aliphatic carbocycles. The van der Waals surface area contributed by atoms with Gasteiger partial charge in [-0.15, -0.1) is 13.2 Å². The van der Waals surface area contributed by atoms with Crippen LogP contribution in [0.5, 0.6) is 0 Å². The lowest BCUT2D eigenvalue weighted by Gasteiger charge is -2.03. The maximum absolute atomic E-state index is 11.0. The molecule has 0 N–H and O–H groups in total. The summed E-state index contributed by atoms with van der Waals surface area (Å²) in [6.07, 6.45) is -4.88. The van der Waals surface area contributed by atoms with E-state index in [0.717, 1.165) is 0 Å². The zero-order chi connectivity index (χ0) is 7.49. The Labute approximate surface area is 54.4 Å². The Bertz CT molecular complexity index is 110. The van der Waals surface area contributed by atoms with Gasteiger partial charge >= 0.3 is 12.3 Å². The first-order valence-corrected chi connectivity index (χ1v) is 2.48. The van der Waals surface area contributed by atoms with Crippen molar-refractivity contribution in [1.82, 2.24) is 0 Å². The van der Waals surface area contributed by atoms with E-state index in [9.17, 15) is 18.0 Å². The SMILES string of the molecule is O=C(CS)OC(F)(F)F. The highest BCUT2D eigenvalue weighted by Crippen LogP contribution is 2.16. The Kier molecular flexibility index (Phi) is 2.83. The second kappa shape index (κ2) is 2.95. The first-order chi connectivity index (χ1) is 3.95. The molecule has 0 saturated carbocycles. The second-order valence-electron chi connectivity index (χ2n) is 1.08. The van der Waals surface area contributed by atoms with E-state index in [2.05, 4.69) is 17.4 Å². The number of rotatable bonds is 1. The first kappa shape index (κ1) is 8.61. The van der Waals surface area contributed by atoms with Crippen LogP contribution in [0.3, 0.4) is 0 Å². The van der Waals surface area contributed by atoms with Gasteiger partial charge in [0.25, 0.3) is 0 Å². The van der Waals surface area contributed by atoms with Crippen molar-refractivity contribution in [3.8, 4) is 0 Å². The van der Waals surface area contributed by atoms with Crippen LogP contribution in [0.15, 0.2) is 0 Å². The summed E-state index contributed by atoms with van der Waals surface area (Å²) in [6.45, 7) is 0. The van der Waals surface area contributed by atoms with Crippen LogP contribution < -0.4 is 0 Å². The van der Waals surface area contributed by atoms with Gasteiger partial charge in [0.2, 0.25) is 0 Å². The number of alkyl halides is 3. The maximum atomic E-state index is 11.0. The van der Waals surface area contributed by atoms with Gasteiger partial charge in [-0.05, 0) is 0 Å². The third kappa shape index (κ3) is 5.48. The minimum atomic E-state index is -4.88. The molecule has 0 atom stereocenters. The monoisotopic (exact) mass is 160 g/mol. The molecule has 0 unspecified atom stereocenters. The summed E-state index contributed by atoms with van der Waals surface area (Å²) < 4.78 is 35.9. The average Bonchev–Trinajstić information content (AvgIpc) is 1.62. The van der Waals surface area contributed by atoms with Crippen molar-refractivity contribution in [2.75, 3.05) is 5.75 Å². The highest BCUT2D eigenvalue weighted by molar-refractivity contribution is 7.81. The Balaban J connectivity index is 3.60. The normalized spacial score (nSPS) is 11.1. The molecule has 0 radical (unpaired) electrons. The van der Waals surface area contributed by atoms with Gasteiger partial charge in [-0.25, -0.2) is 0 Å². The molecule has 0 aromatic rings. The van der Waals surface area contributed by atoms with E-state index >= 15 is 0 Å². The van der Waals surface area contributed by atoms with E-state index in [-0.39, 0.29) is 0 Å². The third-order valence-corrected chi connectivity index (χ3v) is 0.617. The molecule has 0 fully saturated rings. The smallest absolute Gasteiger partial charge is 0.372 e. The van der Waals surface area contributed by atoms with E-state index in [4.69, 9.17) is 0 Å². The van der Waals surface area contributed by atoms with Crippen molar-refractivity contribution < 1.29 is 22.7 Å². The number of thiol groups is 1. The lowest BCUT2D eigenvalue weighted by molar-refractivity contribution is -0.304. The fraction of sp³-hybridized carbons (Fsp3) is 0.667. The average molecular weight is 160 g/mol. The van der Waals surface area contributed by atoms with Gasteiger partial charge in [0.1, 0.15) is 0 Å². The zero-order valence-corrected chi connectivity index (χ0v) is 5.00. The first-order valence-electron chi connectivity index (χ1n) is 1.85. The van der Waals surface area contributed by atoms with Crippen LogP contribution in [0.4, 0.5) is 13.2 Å². The van der Waals surface area contributed by atoms with Gasteiger partial charge in [0, 0.05) is 0 Å². The van der Waals surface area contributed by atoms with Crippen molar-refractivity contribution in [1.29, 1.82) is 0 Å². The van der Waals surface area contributed by atoms with Crippen LogP contribution in [0.1, 0.15) is 0 Å². The van der Waals surface area contributed by atoms with Crippen LogP contribution in [0.25, 0.3) is 0 Å². The van der Waals surface area contributed by atoms with Crippen LogP contribution in [0, 0.1) is 0 Å². The second-order valence-corrected chi connectivity index (χ2v) is 1.39. The molecule has 0 amide bonds. The molecule has 2 nitrogen and oxygen atoms in total. The summed E-state index contributed by atoms with van der Waals surface area (Å²) in [6, 6.07) is 0. The molecule has 0 spiro atoms. The van der Waals surface area contributed by atoms with Gasteiger partial charge in [-0.1, -0.05) is 0 Å². The molecule has 6 heteroatoms. The van der Waals surface area contributed by atoms with Crippen molar-refractivity contribution in [2.24, 2.45) is 0 Å². The van der Waals surface area contributed by atoms with Crippen LogP contribution in [-0.2, 0) is 9.53 Å². The fourth-order valence-corrected chi connectivity index (χ4v) is 0.226. The number of hydrogen-bond acceptors (Lipinski definition) is 3. The maximum Gasteiger partial charge on any atom is 0.575 e. The number of halogens is 3. The molecule has 0 aliphatic rings. The summed E-state index contributed by atoms with van der Waals surface area (Å²) >= 11 is 3.25.